The summed E-state index contributed by atoms with van der Waals surface area (Å²) in [5.41, 5.74) is 1.85. The molecule has 1 aliphatic heterocycles. The number of carbonyl (C=O) groups excluding carboxylic acids is 1. The zero-order chi connectivity index (χ0) is 30.4. The zero-order valence-corrected chi connectivity index (χ0v) is 24.2. The molecule has 2 aromatic rings. The number of carboxylic acids is 2. The number of carbonyl (C=O) groups is 3. The lowest BCUT2D eigenvalue weighted by Crippen LogP contribution is -2.40. The molecule has 3 N–H and O–H groups in total. The van der Waals surface area contributed by atoms with E-state index in [1.165, 1.54) is 0 Å². The Bertz CT molecular complexity index is 1180. The van der Waals surface area contributed by atoms with E-state index in [2.05, 4.69) is 24.1 Å². The molecule has 1 aliphatic rings. The van der Waals surface area contributed by atoms with Gasteiger partial charge in [-0.3, -0.25) is 9.69 Å². The number of carboxylic acid groups (broad SMARTS) is 2. The van der Waals surface area contributed by atoms with Crippen LogP contribution in [0.3, 0.4) is 0 Å². The van der Waals surface area contributed by atoms with Gasteiger partial charge in [-0.2, -0.15) is 0 Å². The molecule has 1 heterocycles. The number of piperidine rings is 1. The van der Waals surface area contributed by atoms with E-state index in [-0.39, 0.29) is 11.8 Å². The van der Waals surface area contributed by atoms with Crippen molar-refractivity contribution in [3.05, 3.63) is 54.1 Å². The standard InChI is InChI=1S/C26H36N2O5.C4H4O4/c1-18(2)17-33-25-14-21(9-11-23(25)31-4)27-26(29)20-7-6-12-28(16-20)15-19-8-10-22(30-3)24(13-19)32-5;5-3(6)1-2-4(7)8/h8-11,13-14,18,20H,6-7,12,15-17H2,1-5H3,(H,27,29);1-2H,(H,5,6)(H,7,8)/b;2-1+. The molecule has 2 aromatic carbocycles. The van der Waals surface area contributed by atoms with Gasteiger partial charge in [0.1, 0.15) is 0 Å². The largest absolute Gasteiger partial charge is 0.493 e. The number of nitrogens with zero attached hydrogens (tertiary/aromatic N) is 1. The van der Waals surface area contributed by atoms with Gasteiger partial charge in [0.05, 0.1) is 33.9 Å². The minimum atomic E-state index is -1.26. The molecule has 0 radical (unpaired) electrons. The Balaban J connectivity index is 0.000000642. The SMILES string of the molecule is COc1ccc(CN2CCCC(C(=O)Nc3ccc(OC)c(OCC(C)C)c3)C2)cc1OC.O=C(O)/C=C/C(=O)O. The van der Waals surface area contributed by atoms with Crippen molar-refractivity contribution in [2.75, 3.05) is 46.3 Å². The molecule has 1 saturated heterocycles. The average molecular weight is 573 g/mol. The maximum Gasteiger partial charge on any atom is 0.328 e. The number of benzene rings is 2. The molecule has 1 fully saturated rings. The van der Waals surface area contributed by atoms with Crippen molar-refractivity contribution in [2.24, 2.45) is 11.8 Å². The number of amides is 1. The van der Waals surface area contributed by atoms with Gasteiger partial charge in [-0.25, -0.2) is 9.59 Å². The molecule has 0 aliphatic carbocycles. The van der Waals surface area contributed by atoms with Crippen LogP contribution in [0.25, 0.3) is 0 Å². The first-order chi connectivity index (χ1) is 19.6. The van der Waals surface area contributed by atoms with Crippen LogP contribution in [0.2, 0.25) is 0 Å². The third-order valence-electron chi connectivity index (χ3n) is 6.10. The lowest BCUT2D eigenvalue weighted by atomic mass is 9.96. The minimum absolute atomic E-state index is 0.0342. The summed E-state index contributed by atoms with van der Waals surface area (Å²) in [7, 11) is 4.89. The van der Waals surface area contributed by atoms with E-state index in [9.17, 15) is 14.4 Å². The van der Waals surface area contributed by atoms with Gasteiger partial charge >= 0.3 is 11.9 Å². The maximum atomic E-state index is 13.0. The minimum Gasteiger partial charge on any atom is -0.493 e. The number of rotatable bonds is 12. The van der Waals surface area contributed by atoms with Crippen molar-refractivity contribution in [3.8, 4) is 23.0 Å². The van der Waals surface area contributed by atoms with Crippen LogP contribution < -0.4 is 24.3 Å². The van der Waals surface area contributed by atoms with Gasteiger partial charge in [-0.1, -0.05) is 19.9 Å². The third-order valence-corrected chi connectivity index (χ3v) is 6.10. The Morgan fingerprint density at radius 3 is 2.12 bits per heavy atom. The Morgan fingerprint density at radius 2 is 1.54 bits per heavy atom. The maximum absolute atomic E-state index is 13.0. The summed E-state index contributed by atoms with van der Waals surface area (Å²) in [6.45, 7) is 7.21. The van der Waals surface area contributed by atoms with E-state index in [1.807, 2.05) is 36.4 Å². The van der Waals surface area contributed by atoms with E-state index in [1.54, 1.807) is 21.3 Å². The molecule has 11 nitrogen and oxygen atoms in total. The van der Waals surface area contributed by atoms with E-state index >= 15 is 0 Å². The normalized spacial score (nSPS) is 15.0. The van der Waals surface area contributed by atoms with Gasteiger partial charge in [-0.05, 0) is 55.1 Å². The monoisotopic (exact) mass is 572 g/mol. The van der Waals surface area contributed by atoms with Crippen molar-refractivity contribution in [2.45, 2.75) is 33.2 Å². The molecule has 1 atom stereocenters. The molecule has 1 amide bonds. The topological polar surface area (TPSA) is 144 Å². The highest BCUT2D eigenvalue weighted by Gasteiger charge is 2.26. The highest BCUT2D eigenvalue weighted by atomic mass is 16.5. The van der Waals surface area contributed by atoms with Crippen LogP contribution in [-0.2, 0) is 20.9 Å². The van der Waals surface area contributed by atoms with Crippen molar-refractivity contribution in [1.29, 1.82) is 0 Å². The van der Waals surface area contributed by atoms with Crippen molar-refractivity contribution in [3.63, 3.8) is 0 Å². The number of anilines is 1. The first kappa shape index (κ1) is 33.0. The van der Waals surface area contributed by atoms with Crippen molar-refractivity contribution in [1.82, 2.24) is 4.90 Å². The van der Waals surface area contributed by atoms with Crippen molar-refractivity contribution >= 4 is 23.5 Å². The van der Waals surface area contributed by atoms with Gasteiger partial charge in [-0.15, -0.1) is 0 Å². The first-order valence-corrected chi connectivity index (χ1v) is 13.2. The predicted molar refractivity (Wildman–Crippen MR) is 154 cm³/mol. The van der Waals surface area contributed by atoms with Crippen LogP contribution in [0.15, 0.2) is 48.6 Å². The van der Waals surface area contributed by atoms with Crippen molar-refractivity contribution < 1.29 is 43.5 Å². The summed E-state index contributed by atoms with van der Waals surface area (Å²) in [4.78, 5) is 34.5. The van der Waals surface area contributed by atoms with E-state index in [0.29, 0.717) is 48.5 Å². The van der Waals surface area contributed by atoms with Crippen LogP contribution in [0.5, 0.6) is 23.0 Å². The fourth-order valence-electron chi connectivity index (χ4n) is 4.16. The second-order valence-electron chi connectivity index (χ2n) is 9.83. The lowest BCUT2D eigenvalue weighted by molar-refractivity contribution is -0.134. The highest BCUT2D eigenvalue weighted by Crippen LogP contribution is 2.32. The molecule has 0 spiro atoms. The number of likely N-dealkylation sites (tertiary alicyclic amines) is 1. The Labute approximate surface area is 240 Å². The quantitative estimate of drug-likeness (QED) is 0.315. The molecule has 41 heavy (non-hydrogen) atoms. The molecule has 0 saturated carbocycles. The predicted octanol–water partition coefficient (Wildman–Crippen LogP) is 4.31. The van der Waals surface area contributed by atoms with Gasteiger partial charge in [0.25, 0.3) is 0 Å². The van der Waals surface area contributed by atoms with Crippen LogP contribution in [0, 0.1) is 11.8 Å². The average Bonchev–Trinajstić information content (AvgIpc) is 2.95. The molecular weight excluding hydrogens is 532 g/mol. The summed E-state index contributed by atoms with van der Waals surface area (Å²) in [5, 5.41) is 18.7. The zero-order valence-electron chi connectivity index (χ0n) is 24.2. The van der Waals surface area contributed by atoms with Crippen LogP contribution >= 0.6 is 0 Å². The molecular formula is C30H40N2O9. The summed E-state index contributed by atoms with van der Waals surface area (Å²) in [5.74, 6) is 0.583. The van der Waals surface area contributed by atoms with E-state index in [4.69, 9.17) is 29.2 Å². The molecule has 0 aromatic heterocycles. The van der Waals surface area contributed by atoms with Gasteiger partial charge in [0, 0.05) is 37.0 Å². The second kappa shape index (κ2) is 16.8. The highest BCUT2D eigenvalue weighted by molar-refractivity contribution is 5.93. The third kappa shape index (κ3) is 11.4. The number of ether oxygens (including phenoxy) is 4. The summed E-state index contributed by atoms with van der Waals surface area (Å²) < 4.78 is 22.0. The summed E-state index contributed by atoms with van der Waals surface area (Å²) in [6.07, 6.45) is 2.97. The Hall–Kier alpha value is -4.25. The van der Waals surface area contributed by atoms with Gasteiger partial charge in [0.2, 0.25) is 5.91 Å². The number of nitrogens with one attached hydrogen (secondary N) is 1. The van der Waals surface area contributed by atoms with E-state index < -0.39 is 11.9 Å². The summed E-state index contributed by atoms with van der Waals surface area (Å²) in [6, 6.07) is 11.5. The molecule has 3 rings (SSSR count). The van der Waals surface area contributed by atoms with E-state index in [0.717, 1.165) is 42.9 Å². The molecule has 1 unspecified atom stereocenters. The number of aliphatic carboxylic acids is 2. The first-order valence-electron chi connectivity index (χ1n) is 13.2. The fourth-order valence-corrected chi connectivity index (χ4v) is 4.16. The number of methoxy groups -OCH3 is 3. The van der Waals surface area contributed by atoms with Crippen LogP contribution in [0.1, 0.15) is 32.3 Å². The fraction of sp³-hybridized carbons (Fsp3) is 0.433. The Morgan fingerprint density at radius 1 is 0.927 bits per heavy atom. The smallest absolute Gasteiger partial charge is 0.328 e. The molecule has 0 bridgehead atoms. The van der Waals surface area contributed by atoms with Gasteiger partial charge in [0.15, 0.2) is 23.0 Å². The number of hydrogen-bond donors (Lipinski definition) is 3. The van der Waals surface area contributed by atoms with Gasteiger partial charge < -0.3 is 34.5 Å². The lowest BCUT2D eigenvalue weighted by Gasteiger charge is -2.32. The summed E-state index contributed by atoms with van der Waals surface area (Å²) >= 11 is 0. The number of hydrogen-bond acceptors (Lipinski definition) is 8. The van der Waals surface area contributed by atoms with Crippen LogP contribution in [0.4, 0.5) is 5.69 Å². The molecule has 11 heteroatoms. The second-order valence-corrected chi connectivity index (χ2v) is 9.83. The molecule has 224 valence electrons. The van der Waals surface area contributed by atoms with Crippen LogP contribution in [-0.4, -0.2) is 74.0 Å². The Kier molecular flexibility index (Phi) is 13.5.